The van der Waals surface area contributed by atoms with Crippen molar-refractivity contribution in [3.8, 4) is 0 Å². The first-order valence-corrected chi connectivity index (χ1v) is 7.07. The van der Waals surface area contributed by atoms with Gasteiger partial charge in [0.2, 0.25) is 0 Å². The standard InChI is InChI=1S/C14H28N2/c1-5-11(2)13-10-16(12(3)9-15-13)14(4)7-6-8-14/h11-13,15H,5-10H2,1-4H3. The molecule has 1 saturated heterocycles. The minimum absolute atomic E-state index is 0.521. The van der Waals surface area contributed by atoms with Crippen LogP contribution in [0.4, 0.5) is 0 Å². The lowest BCUT2D eigenvalue weighted by atomic mass is 9.75. The monoisotopic (exact) mass is 224 g/mol. The van der Waals surface area contributed by atoms with Crippen molar-refractivity contribution >= 4 is 0 Å². The predicted molar refractivity (Wildman–Crippen MR) is 69.7 cm³/mol. The van der Waals surface area contributed by atoms with Gasteiger partial charge in [-0.15, -0.1) is 0 Å². The first-order chi connectivity index (χ1) is 7.57. The van der Waals surface area contributed by atoms with Gasteiger partial charge in [0.05, 0.1) is 0 Å². The molecule has 1 aliphatic heterocycles. The highest BCUT2D eigenvalue weighted by Gasteiger charge is 2.42. The minimum atomic E-state index is 0.521. The Bertz CT molecular complexity index is 235. The van der Waals surface area contributed by atoms with Crippen molar-refractivity contribution in [3.63, 3.8) is 0 Å². The molecule has 3 unspecified atom stereocenters. The summed E-state index contributed by atoms with van der Waals surface area (Å²) in [5.74, 6) is 0.804. The lowest BCUT2D eigenvalue weighted by Gasteiger charge is -2.54. The SMILES string of the molecule is CCC(C)C1CN(C2(C)CCC2)C(C)CN1. The van der Waals surface area contributed by atoms with Crippen molar-refractivity contribution < 1.29 is 0 Å². The smallest absolute Gasteiger partial charge is 0.0221 e. The van der Waals surface area contributed by atoms with Gasteiger partial charge in [0.15, 0.2) is 0 Å². The van der Waals surface area contributed by atoms with Crippen molar-refractivity contribution in [2.45, 2.75) is 71.0 Å². The summed E-state index contributed by atoms with van der Waals surface area (Å²) in [4.78, 5) is 2.78. The average molecular weight is 224 g/mol. The molecule has 1 aliphatic carbocycles. The van der Waals surface area contributed by atoms with Crippen molar-refractivity contribution in [2.75, 3.05) is 13.1 Å². The van der Waals surface area contributed by atoms with Gasteiger partial charge >= 0.3 is 0 Å². The minimum Gasteiger partial charge on any atom is -0.311 e. The maximum Gasteiger partial charge on any atom is 0.0221 e. The van der Waals surface area contributed by atoms with Crippen molar-refractivity contribution in [1.82, 2.24) is 10.2 Å². The molecular weight excluding hydrogens is 196 g/mol. The van der Waals surface area contributed by atoms with Crippen LogP contribution in [0.5, 0.6) is 0 Å². The first kappa shape index (κ1) is 12.4. The number of piperazine rings is 1. The maximum atomic E-state index is 3.73. The predicted octanol–water partition coefficient (Wildman–Crippen LogP) is 2.64. The Morgan fingerprint density at radius 2 is 2.12 bits per heavy atom. The third-order valence-electron chi connectivity index (χ3n) is 5.06. The largest absolute Gasteiger partial charge is 0.311 e. The topological polar surface area (TPSA) is 15.3 Å². The van der Waals surface area contributed by atoms with Crippen LogP contribution in [-0.4, -0.2) is 35.6 Å². The molecular formula is C14H28N2. The van der Waals surface area contributed by atoms with Gasteiger partial charge in [-0.2, -0.15) is 0 Å². The van der Waals surface area contributed by atoms with Crippen LogP contribution in [0, 0.1) is 5.92 Å². The summed E-state index contributed by atoms with van der Waals surface area (Å²) >= 11 is 0. The molecule has 2 aliphatic rings. The zero-order chi connectivity index (χ0) is 11.8. The normalized spacial score (nSPS) is 36.8. The van der Waals surface area contributed by atoms with Crippen molar-refractivity contribution in [3.05, 3.63) is 0 Å². The van der Waals surface area contributed by atoms with Crippen LogP contribution in [0.2, 0.25) is 0 Å². The number of nitrogens with one attached hydrogen (secondary N) is 1. The Hall–Kier alpha value is -0.0800. The Labute approximate surface area is 101 Å². The van der Waals surface area contributed by atoms with Crippen molar-refractivity contribution in [1.29, 1.82) is 0 Å². The molecule has 0 aromatic carbocycles. The quantitative estimate of drug-likeness (QED) is 0.793. The van der Waals surface area contributed by atoms with Crippen LogP contribution >= 0.6 is 0 Å². The van der Waals surface area contributed by atoms with Crippen LogP contribution in [-0.2, 0) is 0 Å². The van der Waals surface area contributed by atoms with Crippen LogP contribution in [0.25, 0.3) is 0 Å². The fraction of sp³-hybridized carbons (Fsp3) is 1.00. The number of hydrogen-bond acceptors (Lipinski definition) is 2. The molecule has 1 heterocycles. The van der Waals surface area contributed by atoms with Gasteiger partial charge < -0.3 is 5.32 Å². The van der Waals surface area contributed by atoms with E-state index in [0.717, 1.165) is 5.92 Å². The maximum absolute atomic E-state index is 3.73. The third-order valence-corrected chi connectivity index (χ3v) is 5.06. The lowest BCUT2D eigenvalue weighted by Crippen LogP contribution is -2.65. The first-order valence-electron chi connectivity index (χ1n) is 7.07. The fourth-order valence-corrected chi connectivity index (χ4v) is 3.28. The fourth-order valence-electron chi connectivity index (χ4n) is 3.28. The molecule has 1 saturated carbocycles. The van der Waals surface area contributed by atoms with E-state index in [-0.39, 0.29) is 0 Å². The second-order valence-electron chi connectivity index (χ2n) is 6.25. The highest BCUT2D eigenvalue weighted by molar-refractivity contribution is 5.00. The Morgan fingerprint density at radius 1 is 1.44 bits per heavy atom. The summed E-state index contributed by atoms with van der Waals surface area (Å²) in [7, 11) is 0. The van der Waals surface area contributed by atoms with E-state index in [0.29, 0.717) is 17.6 Å². The third kappa shape index (κ3) is 2.14. The van der Waals surface area contributed by atoms with E-state index >= 15 is 0 Å². The van der Waals surface area contributed by atoms with E-state index in [1.807, 2.05) is 0 Å². The van der Waals surface area contributed by atoms with Gasteiger partial charge in [-0.05, 0) is 39.0 Å². The molecule has 16 heavy (non-hydrogen) atoms. The second-order valence-corrected chi connectivity index (χ2v) is 6.25. The second kappa shape index (κ2) is 4.66. The molecule has 2 nitrogen and oxygen atoms in total. The van der Waals surface area contributed by atoms with Crippen LogP contribution < -0.4 is 5.32 Å². The van der Waals surface area contributed by atoms with Gasteiger partial charge in [0.1, 0.15) is 0 Å². The molecule has 0 aromatic heterocycles. The molecule has 0 amide bonds. The summed E-state index contributed by atoms with van der Waals surface area (Å²) in [6.45, 7) is 12.0. The van der Waals surface area contributed by atoms with Gasteiger partial charge in [0, 0.05) is 30.7 Å². The Kier molecular flexibility index (Phi) is 3.60. The van der Waals surface area contributed by atoms with Crippen LogP contribution in [0.1, 0.15) is 53.4 Å². The molecule has 1 N–H and O–H groups in total. The van der Waals surface area contributed by atoms with E-state index < -0.39 is 0 Å². The molecule has 0 aromatic rings. The van der Waals surface area contributed by atoms with Crippen molar-refractivity contribution in [2.24, 2.45) is 5.92 Å². The zero-order valence-electron chi connectivity index (χ0n) is 11.4. The number of nitrogens with zero attached hydrogens (tertiary/aromatic N) is 1. The summed E-state index contributed by atoms with van der Waals surface area (Å²) in [5, 5.41) is 3.73. The number of hydrogen-bond donors (Lipinski definition) is 1. The molecule has 0 bridgehead atoms. The summed E-state index contributed by atoms with van der Waals surface area (Å²) in [5.41, 5.74) is 0.521. The summed E-state index contributed by atoms with van der Waals surface area (Å²) in [6.07, 6.45) is 5.53. The molecule has 2 fully saturated rings. The van der Waals surface area contributed by atoms with Gasteiger partial charge in [-0.25, -0.2) is 0 Å². The number of rotatable bonds is 3. The Morgan fingerprint density at radius 3 is 2.62 bits per heavy atom. The van der Waals surface area contributed by atoms with Crippen LogP contribution in [0.3, 0.4) is 0 Å². The molecule has 94 valence electrons. The van der Waals surface area contributed by atoms with E-state index in [2.05, 4.69) is 37.9 Å². The molecule has 2 heteroatoms. The zero-order valence-corrected chi connectivity index (χ0v) is 11.4. The average Bonchev–Trinajstić information content (AvgIpc) is 2.25. The highest BCUT2D eigenvalue weighted by atomic mass is 15.3. The van der Waals surface area contributed by atoms with Gasteiger partial charge in [-0.1, -0.05) is 20.3 Å². The van der Waals surface area contributed by atoms with E-state index in [4.69, 9.17) is 0 Å². The Balaban J connectivity index is 2.00. The van der Waals surface area contributed by atoms with E-state index in [9.17, 15) is 0 Å². The molecule has 0 spiro atoms. The van der Waals surface area contributed by atoms with Gasteiger partial charge in [-0.3, -0.25) is 4.90 Å². The molecule has 0 radical (unpaired) electrons. The highest BCUT2D eigenvalue weighted by Crippen LogP contribution is 2.39. The molecule has 2 rings (SSSR count). The summed E-state index contributed by atoms with van der Waals surface area (Å²) < 4.78 is 0. The summed E-state index contributed by atoms with van der Waals surface area (Å²) in [6, 6.07) is 1.42. The van der Waals surface area contributed by atoms with E-state index in [1.165, 1.54) is 38.8 Å². The molecule has 3 atom stereocenters. The lowest BCUT2D eigenvalue weighted by molar-refractivity contribution is -0.0288. The van der Waals surface area contributed by atoms with E-state index in [1.54, 1.807) is 0 Å². The van der Waals surface area contributed by atoms with Crippen LogP contribution in [0.15, 0.2) is 0 Å². The van der Waals surface area contributed by atoms with Gasteiger partial charge in [0.25, 0.3) is 0 Å².